The fourth-order valence-electron chi connectivity index (χ4n) is 3.29. The number of hydrogen-bond acceptors (Lipinski definition) is 5. The molecule has 0 aromatic heterocycles. The molecule has 176 valence electrons. The first-order valence-corrected chi connectivity index (χ1v) is 11.5. The predicted molar refractivity (Wildman–Crippen MR) is 133 cm³/mol. The highest BCUT2D eigenvalue weighted by molar-refractivity contribution is 5.91. The van der Waals surface area contributed by atoms with Crippen molar-refractivity contribution in [1.82, 2.24) is 0 Å². The van der Waals surface area contributed by atoms with Crippen molar-refractivity contribution in [3.63, 3.8) is 0 Å². The summed E-state index contributed by atoms with van der Waals surface area (Å²) >= 11 is 0. The second-order valence-electron chi connectivity index (χ2n) is 7.94. The number of benzene rings is 3. The van der Waals surface area contributed by atoms with Gasteiger partial charge in [-0.25, -0.2) is 9.59 Å². The lowest BCUT2D eigenvalue weighted by atomic mass is 10.0. The molecule has 0 aliphatic rings. The zero-order chi connectivity index (χ0) is 24.2. The minimum Gasteiger partial charge on any atom is -0.494 e. The van der Waals surface area contributed by atoms with Crippen LogP contribution in [0.4, 0.5) is 0 Å². The van der Waals surface area contributed by atoms with E-state index in [1.54, 1.807) is 36.4 Å². The molecule has 0 N–H and O–H groups in total. The van der Waals surface area contributed by atoms with E-state index in [1.807, 2.05) is 12.1 Å². The van der Waals surface area contributed by atoms with Crippen LogP contribution in [-0.2, 0) is 9.53 Å². The molecule has 5 heteroatoms. The first-order chi connectivity index (χ1) is 16.5. The highest BCUT2D eigenvalue weighted by Crippen LogP contribution is 2.23. The van der Waals surface area contributed by atoms with Crippen LogP contribution in [0.5, 0.6) is 11.5 Å². The van der Waals surface area contributed by atoms with E-state index in [-0.39, 0.29) is 5.97 Å². The van der Waals surface area contributed by atoms with Gasteiger partial charge < -0.3 is 14.2 Å². The van der Waals surface area contributed by atoms with Crippen molar-refractivity contribution in [3.05, 3.63) is 96.6 Å². The molecule has 0 amide bonds. The van der Waals surface area contributed by atoms with Gasteiger partial charge in [-0.15, -0.1) is 0 Å². The maximum Gasteiger partial charge on any atom is 0.343 e. The van der Waals surface area contributed by atoms with Crippen LogP contribution in [0.3, 0.4) is 0 Å². The number of rotatable bonds is 12. The van der Waals surface area contributed by atoms with Crippen LogP contribution in [0.1, 0.15) is 41.6 Å². The average Bonchev–Trinajstić information content (AvgIpc) is 2.86. The summed E-state index contributed by atoms with van der Waals surface area (Å²) in [6.45, 7) is 6.42. The van der Waals surface area contributed by atoms with Gasteiger partial charge in [-0.05, 0) is 80.1 Å². The van der Waals surface area contributed by atoms with Gasteiger partial charge in [0.1, 0.15) is 11.5 Å². The van der Waals surface area contributed by atoms with Crippen molar-refractivity contribution in [3.8, 4) is 22.6 Å². The third kappa shape index (κ3) is 7.93. The van der Waals surface area contributed by atoms with Gasteiger partial charge in [0.05, 0.1) is 18.8 Å². The average molecular weight is 459 g/mol. The number of unbranched alkanes of at least 4 members (excludes halogenated alkanes) is 3. The van der Waals surface area contributed by atoms with Crippen molar-refractivity contribution in [2.75, 3.05) is 13.2 Å². The van der Waals surface area contributed by atoms with Crippen LogP contribution >= 0.6 is 0 Å². The van der Waals surface area contributed by atoms with Crippen LogP contribution in [0.15, 0.2) is 85.5 Å². The lowest BCUT2D eigenvalue weighted by Crippen LogP contribution is -2.08. The van der Waals surface area contributed by atoms with Gasteiger partial charge >= 0.3 is 11.9 Å². The van der Waals surface area contributed by atoms with E-state index in [9.17, 15) is 9.59 Å². The van der Waals surface area contributed by atoms with Crippen LogP contribution < -0.4 is 9.47 Å². The predicted octanol–water partition coefficient (Wildman–Crippen LogP) is 6.55. The molecule has 0 radical (unpaired) electrons. The van der Waals surface area contributed by atoms with Gasteiger partial charge in [-0.1, -0.05) is 48.5 Å². The lowest BCUT2D eigenvalue weighted by Gasteiger charge is -2.08. The molecule has 0 aliphatic carbocycles. The molecular weight excluding hydrogens is 428 g/mol. The molecular formula is C29H30O5. The number of carbonyl (C=O) groups is 2. The summed E-state index contributed by atoms with van der Waals surface area (Å²) < 4.78 is 16.2. The van der Waals surface area contributed by atoms with Crippen molar-refractivity contribution in [2.45, 2.75) is 32.6 Å². The molecule has 0 heterocycles. The van der Waals surface area contributed by atoms with Crippen LogP contribution in [0, 0.1) is 6.92 Å². The van der Waals surface area contributed by atoms with E-state index >= 15 is 0 Å². The smallest absolute Gasteiger partial charge is 0.343 e. The standard InChI is InChI=1S/C29H30O5/c1-3-28(30)33-21-7-5-4-6-20-32-26-16-14-25(15-17-26)29(31)34-27-18-12-24(13-19-27)23-10-8-22(2)9-11-23/h3,8-19H,1,4-7,20-21H2,2H3. The van der Waals surface area contributed by atoms with E-state index in [0.29, 0.717) is 30.3 Å². The van der Waals surface area contributed by atoms with Gasteiger partial charge in [0.15, 0.2) is 0 Å². The Balaban J connectivity index is 1.38. The number of hydrogen-bond donors (Lipinski definition) is 0. The van der Waals surface area contributed by atoms with Crippen molar-refractivity contribution in [1.29, 1.82) is 0 Å². The molecule has 0 spiro atoms. The SMILES string of the molecule is C=CC(=O)OCCCCCCOc1ccc(C(=O)Oc2ccc(-c3ccc(C)cc3)cc2)cc1. The second-order valence-corrected chi connectivity index (χ2v) is 7.94. The van der Waals surface area contributed by atoms with Gasteiger partial charge in [0.2, 0.25) is 0 Å². The molecule has 34 heavy (non-hydrogen) atoms. The molecule has 3 aromatic carbocycles. The maximum absolute atomic E-state index is 12.5. The molecule has 0 fully saturated rings. The summed E-state index contributed by atoms with van der Waals surface area (Å²) in [6.07, 6.45) is 4.84. The summed E-state index contributed by atoms with van der Waals surface area (Å²) in [5.41, 5.74) is 3.86. The highest BCUT2D eigenvalue weighted by atomic mass is 16.5. The third-order valence-corrected chi connectivity index (χ3v) is 5.26. The van der Waals surface area contributed by atoms with Crippen LogP contribution in [0.2, 0.25) is 0 Å². The highest BCUT2D eigenvalue weighted by Gasteiger charge is 2.09. The third-order valence-electron chi connectivity index (χ3n) is 5.26. The minimum absolute atomic E-state index is 0.383. The van der Waals surface area contributed by atoms with Gasteiger partial charge in [-0.2, -0.15) is 0 Å². The van der Waals surface area contributed by atoms with E-state index in [1.165, 1.54) is 11.6 Å². The molecule has 0 saturated carbocycles. The van der Waals surface area contributed by atoms with Crippen molar-refractivity contribution >= 4 is 11.9 Å². The Kier molecular flexibility index (Phi) is 9.47. The first kappa shape index (κ1) is 24.8. The zero-order valence-corrected chi connectivity index (χ0v) is 19.5. The quantitative estimate of drug-likeness (QED) is 0.133. The summed E-state index contributed by atoms with van der Waals surface area (Å²) in [5, 5.41) is 0. The molecule has 0 atom stereocenters. The first-order valence-electron chi connectivity index (χ1n) is 11.5. The fraction of sp³-hybridized carbons (Fsp3) is 0.241. The Morgan fingerprint density at radius 2 is 1.29 bits per heavy atom. The Hall–Kier alpha value is -3.86. The molecule has 5 nitrogen and oxygen atoms in total. The van der Waals surface area contributed by atoms with Crippen LogP contribution in [-0.4, -0.2) is 25.2 Å². The maximum atomic E-state index is 12.5. The van der Waals surface area contributed by atoms with Crippen molar-refractivity contribution < 1.29 is 23.8 Å². The molecule has 0 bridgehead atoms. The van der Waals surface area contributed by atoms with E-state index < -0.39 is 5.97 Å². The number of esters is 2. The largest absolute Gasteiger partial charge is 0.494 e. The van der Waals surface area contributed by atoms with Gasteiger partial charge in [-0.3, -0.25) is 0 Å². The van der Waals surface area contributed by atoms with Gasteiger partial charge in [0.25, 0.3) is 0 Å². The summed E-state index contributed by atoms with van der Waals surface area (Å²) in [6, 6.07) is 22.7. The minimum atomic E-state index is -0.410. The van der Waals surface area contributed by atoms with E-state index in [4.69, 9.17) is 14.2 Å². The molecule has 0 saturated heterocycles. The molecule has 0 aliphatic heterocycles. The molecule has 3 rings (SSSR count). The van der Waals surface area contributed by atoms with Crippen molar-refractivity contribution in [2.24, 2.45) is 0 Å². The lowest BCUT2D eigenvalue weighted by molar-refractivity contribution is -0.137. The Labute approximate surface area is 201 Å². The number of ether oxygens (including phenoxy) is 3. The number of carbonyl (C=O) groups excluding carboxylic acids is 2. The zero-order valence-electron chi connectivity index (χ0n) is 19.5. The van der Waals surface area contributed by atoms with E-state index in [0.717, 1.165) is 36.8 Å². The second kappa shape index (κ2) is 13.0. The van der Waals surface area contributed by atoms with Gasteiger partial charge in [0, 0.05) is 6.08 Å². The van der Waals surface area contributed by atoms with Crippen LogP contribution in [0.25, 0.3) is 11.1 Å². The summed E-state index contributed by atoms with van der Waals surface area (Å²) in [5.74, 6) is 0.415. The molecule has 0 unspecified atom stereocenters. The molecule has 3 aromatic rings. The normalized spacial score (nSPS) is 10.4. The Morgan fingerprint density at radius 3 is 1.91 bits per heavy atom. The monoisotopic (exact) mass is 458 g/mol. The summed E-state index contributed by atoms with van der Waals surface area (Å²) in [4.78, 5) is 23.4. The van der Waals surface area contributed by atoms with E-state index in [2.05, 4.69) is 37.8 Å². The fourth-order valence-corrected chi connectivity index (χ4v) is 3.29. The topological polar surface area (TPSA) is 61.8 Å². The Bertz CT molecular complexity index is 1070. The number of aryl methyl sites for hydroxylation is 1. The summed E-state index contributed by atoms with van der Waals surface area (Å²) in [7, 11) is 0. The Morgan fingerprint density at radius 1 is 0.735 bits per heavy atom.